The fraction of sp³-hybridized carbons (Fsp3) is 0.450. The molecule has 2 unspecified atom stereocenters. The number of hydrazine groups is 1. The number of aromatic nitrogens is 1. The lowest BCUT2D eigenvalue weighted by Gasteiger charge is -2.38. The van der Waals surface area contributed by atoms with Crippen LogP contribution in [0.5, 0.6) is 5.88 Å². The molecule has 2 aliphatic heterocycles. The normalized spacial score (nSPS) is 18.7. The number of carbonyl (C=O) groups excluding carboxylic acids is 3. The minimum absolute atomic E-state index is 0.00671. The molecule has 12 heteroatoms. The van der Waals surface area contributed by atoms with Gasteiger partial charge in [-0.3, -0.25) is 14.6 Å². The van der Waals surface area contributed by atoms with Crippen molar-refractivity contribution in [2.75, 3.05) is 32.6 Å². The Balaban J connectivity index is 0.000000293. The summed E-state index contributed by atoms with van der Waals surface area (Å²) in [5, 5.41) is 10.2. The molecule has 1 aromatic heterocycles. The predicted octanol–water partition coefficient (Wildman–Crippen LogP) is 7.52. The molecule has 6 rings (SSSR count). The smallest absolute Gasteiger partial charge is 0.315 e. The minimum Gasteiger partial charge on any atom is -0.481 e. The van der Waals surface area contributed by atoms with Gasteiger partial charge in [0.05, 0.1) is 17.8 Å². The Bertz CT molecular complexity index is 1870. The molecular formula is C40H50ClFN6O4. The summed E-state index contributed by atoms with van der Waals surface area (Å²) in [5.41, 5.74) is 8.22. The molecule has 1 fully saturated rings. The molecule has 2 atom stereocenters. The molecule has 1 saturated heterocycles. The lowest BCUT2D eigenvalue weighted by molar-refractivity contribution is -0.131. The first kappa shape index (κ1) is 38.7. The fourth-order valence-corrected chi connectivity index (χ4v) is 7.37. The number of nitrogens with one attached hydrogen (secondary N) is 4. The number of urea groups is 1. The first-order valence-electron chi connectivity index (χ1n) is 18.2. The Morgan fingerprint density at radius 3 is 2.67 bits per heavy atom. The summed E-state index contributed by atoms with van der Waals surface area (Å²) in [7, 11) is 3.15. The molecular weight excluding hydrogens is 683 g/mol. The quantitative estimate of drug-likeness (QED) is 0.160. The number of methoxy groups -OCH3 is 1. The van der Waals surface area contributed by atoms with E-state index in [0.29, 0.717) is 40.5 Å². The topological polar surface area (TPSA) is 125 Å². The number of rotatable bonds is 10. The van der Waals surface area contributed by atoms with Crippen molar-refractivity contribution >= 4 is 35.1 Å². The lowest BCUT2D eigenvalue weighted by Crippen LogP contribution is -2.58. The van der Waals surface area contributed by atoms with E-state index in [-0.39, 0.29) is 27.7 Å². The molecule has 278 valence electrons. The number of hydrogen-bond acceptors (Lipinski definition) is 6. The predicted molar refractivity (Wildman–Crippen MR) is 204 cm³/mol. The standard InChI is InChI=1S/C28H26ClFN4O3.C12H24N2O/c1-15-17(7-5-9-22(15)32-26(35)20-12-13-31-34(2)28(20)36)24-21(30)11-10-19(25(24)29)23-14-16-6-4-8-18(16)27(33-23)37-3;1-4-10(3)6-7-12(5-2)8-9-13-11(15)14-12/h5,7,9-12,14,31H,4,6,8,13H2,1-3H3,(H,32,35);10H,4-9H2,1-3H3,(H2,13,14,15). The van der Waals surface area contributed by atoms with Gasteiger partial charge < -0.3 is 20.7 Å². The first-order chi connectivity index (χ1) is 24.9. The van der Waals surface area contributed by atoms with Gasteiger partial charge >= 0.3 is 6.03 Å². The van der Waals surface area contributed by atoms with Crippen LogP contribution in [0.3, 0.4) is 0 Å². The number of benzene rings is 2. The molecule has 0 saturated carbocycles. The van der Waals surface area contributed by atoms with Gasteiger partial charge in [-0.2, -0.15) is 0 Å². The van der Waals surface area contributed by atoms with E-state index in [1.807, 2.05) is 6.07 Å². The summed E-state index contributed by atoms with van der Waals surface area (Å²) in [5.74, 6) is -0.128. The molecule has 4 amide bonds. The molecule has 3 aromatic rings. The zero-order valence-corrected chi connectivity index (χ0v) is 31.7. The number of likely N-dealkylation sites (N-methyl/N-ethyl adjacent to an activating group) is 1. The van der Waals surface area contributed by atoms with Crippen LogP contribution in [-0.4, -0.2) is 60.6 Å². The van der Waals surface area contributed by atoms with Crippen molar-refractivity contribution in [1.82, 2.24) is 26.1 Å². The van der Waals surface area contributed by atoms with Gasteiger partial charge in [-0.15, -0.1) is 0 Å². The molecule has 0 bridgehead atoms. The number of aryl methyl sites for hydroxylation is 1. The summed E-state index contributed by atoms with van der Waals surface area (Å²) in [6.45, 7) is 9.63. The van der Waals surface area contributed by atoms with E-state index in [9.17, 15) is 14.4 Å². The van der Waals surface area contributed by atoms with Gasteiger partial charge in [-0.05, 0) is 98.7 Å². The molecule has 3 aliphatic rings. The van der Waals surface area contributed by atoms with Crippen LogP contribution < -0.4 is 26.1 Å². The van der Waals surface area contributed by atoms with Crippen LogP contribution in [0.2, 0.25) is 5.02 Å². The van der Waals surface area contributed by atoms with Crippen LogP contribution in [0.25, 0.3) is 22.4 Å². The van der Waals surface area contributed by atoms with Gasteiger partial charge in [0.15, 0.2) is 0 Å². The Kier molecular flexibility index (Phi) is 12.6. The first-order valence-corrected chi connectivity index (χ1v) is 18.5. The average Bonchev–Trinajstić information content (AvgIpc) is 3.62. The molecule has 0 spiro atoms. The van der Waals surface area contributed by atoms with Crippen molar-refractivity contribution < 1.29 is 23.5 Å². The van der Waals surface area contributed by atoms with Crippen LogP contribution in [-0.2, 0) is 22.4 Å². The van der Waals surface area contributed by atoms with E-state index in [4.69, 9.17) is 16.3 Å². The molecule has 2 aromatic carbocycles. The maximum absolute atomic E-state index is 15.3. The van der Waals surface area contributed by atoms with E-state index >= 15 is 4.39 Å². The van der Waals surface area contributed by atoms with E-state index in [1.165, 1.54) is 30.0 Å². The van der Waals surface area contributed by atoms with Crippen molar-refractivity contribution in [2.24, 2.45) is 5.92 Å². The molecule has 52 heavy (non-hydrogen) atoms. The Morgan fingerprint density at radius 2 is 1.96 bits per heavy atom. The van der Waals surface area contributed by atoms with Crippen LogP contribution in [0.1, 0.15) is 76.0 Å². The zero-order chi connectivity index (χ0) is 37.6. The van der Waals surface area contributed by atoms with Crippen molar-refractivity contribution in [2.45, 2.75) is 84.6 Å². The van der Waals surface area contributed by atoms with Crippen molar-refractivity contribution in [3.8, 4) is 28.3 Å². The van der Waals surface area contributed by atoms with Crippen LogP contribution in [0.15, 0.2) is 48.0 Å². The van der Waals surface area contributed by atoms with E-state index in [1.54, 1.807) is 45.3 Å². The molecule has 0 radical (unpaired) electrons. The maximum atomic E-state index is 15.3. The van der Waals surface area contributed by atoms with Crippen molar-refractivity contribution in [3.63, 3.8) is 0 Å². The van der Waals surface area contributed by atoms with E-state index < -0.39 is 17.6 Å². The number of amides is 4. The molecule has 1 aliphatic carbocycles. The Hall–Kier alpha value is -4.48. The van der Waals surface area contributed by atoms with Crippen molar-refractivity contribution in [1.29, 1.82) is 0 Å². The summed E-state index contributed by atoms with van der Waals surface area (Å²) in [6.07, 6.45) is 10.1. The van der Waals surface area contributed by atoms with Crippen LogP contribution >= 0.6 is 11.6 Å². The highest BCUT2D eigenvalue weighted by atomic mass is 35.5. The summed E-state index contributed by atoms with van der Waals surface area (Å²) in [4.78, 5) is 41.2. The Labute approximate surface area is 310 Å². The van der Waals surface area contributed by atoms with Crippen molar-refractivity contribution in [3.05, 3.63) is 75.6 Å². The second-order valence-corrected chi connectivity index (χ2v) is 14.3. The Morgan fingerprint density at radius 1 is 1.17 bits per heavy atom. The van der Waals surface area contributed by atoms with Crippen LogP contribution in [0.4, 0.5) is 14.9 Å². The molecule has 3 heterocycles. The number of nitrogens with zero attached hydrogens (tertiary/aromatic N) is 2. The number of pyridine rings is 1. The van der Waals surface area contributed by atoms with E-state index in [2.05, 4.69) is 47.1 Å². The third kappa shape index (κ3) is 8.42. The fourth-order valence-electron chi connectivity index (χ4n) is 7.01. The number of hydrogen-bond donors (Lipinski definition) is 4. The monoisotopic (exact) mass is 732 g/mol. The van der Waals surface area contributed by atoms with Gasteiger partial charge in [-0.25, -0.2) is 19.6 Å². The summed E-state index contributed by atoms with van der Waals surface area (Å²) in [6, 6.07) is 10.2. The number of fused-ring (bicyclic) bond motifs is 1. The SMILES string of the molecule is CCC(C)CCC1(CC)CCNC(=O)N1.COc1nc(-c2ccc(F)c(-c3cccc(NC(=O)C4=CCNN(C)C4=O)c3C)c2Cl)cc2c1CCC2. The number of ether oxygens (including phenoxy) is 1. The second-order valence-electron chi connectivity index (χ2n) is 13.9. The summed E-state index contributed by atoms with van der Waals surface area (Å²) < 4.78 is 20.8. The van der Waals surface area contributed by atoms with E-state index in [0.717, 1.165) is 62.1 Å². The largest absolute Gasteiger partial charge is 0.481 e. The number of anilines is 1. The third-order valence-corrected chi connectivity index (χ3v) is 11.0. The lowest BCUT2D eigenvalue weighted by atomic mass is 9.83. The average molecular weight is 733 g/mol. The number of carbonyl (C=O) groups is 3. The maximum Gasteiger partial charge on any atom is 0.315 e. The highest BCUT2D eigenvalue weighted by molar-refractivity contribution is 6.36. The highest BCUT2D eigenvalue weighted by Gasteiger charge is 2.33. The number of halogens is 2. The minimum atomic E-state index is -0.534. The molecule has 4 N–H and O–H groups in total. The zero-order valence-electron chi connectivity index (χ0n) is 31.0. The van der Waals surface area contributed by atoms with Gasteiger partial charge in [0.2, 0.25) is 5.88 Å². The second kappa shape index (κ2) is 16.9. The third-order valence-electron chi connectivity index (χ3n) is 10.6. The summed E-state index contributed by atoms with van der Waals surface area (Å²) >= 11 is 6.84. The molecule has 10 nitrogen and oxygen atoms in total. The van der Waals surface area contributed by atoms with Gasteiger partial charge in [-0.1, -0.05) is 57.0 Å². The van der Waals surface area contributed by atoms with Gasteiger partial charge in [0.25, 0.3) is 11.8 Å². The highest BCUT2D eigenvalue weighted by Crippen LogP contribution is 2.42. The van der Waals surface area contributed by atoms with Gasteiger partial charge in [0, 0.05) is 48.1 Å². The van der Waals surface area contributed by atoms with Crippen LogP contribution in [0, 0.1) is 18.7 Å². The van der Waals surface area contributed by atoms with Gasteiger partial charge in [0.1, 0.15) is 11.4 Å².